The highest BCUT2D eigenvalue weighted by Crippen LogP contribution is 2.34. The highest BCUT2D eigenvalue weighted by molar-refractivity contribution is 5.66. The summed E-state index contributed by atoms with van der Waals surface area (Å²) in [5.74, 6) is 0.736. The van der Waals surface area contributed by atoms with Crippen molar-refractivity contribution in [1.82, 2.24) is 0 Å². The first-order valence-corrected chi connectivity index (χ1v) is 6.51. The molecule has 0 radical (unpaired) electrons. The van der Waals surface area contributed by atoms with Gasteiger partial charge in [-0.1, -0.05) is 36.4 Å². The van der Waals surface area contributed by atoms with Gasteiger partial charge < -0.3 is 15.6 Å². The first kappa shape index (κ1) is 12.2. The minimum atomic E-state index is -0.666. The Hall–Kier alpha value is -1.84. The zero-order chi connectivity index (χ0) is 13.2. The van der Waals surface area contributed by atoms with Gasteiger partial charge in [0.15, 0.2) is 0 Å². The first-order chi connectivity index (χ1) is 9.25. The molecule has 2 aromatic carbocycles. The first-order valence-electron chi connectivity index (χ1n) is 6.51. The van der Waals surface area contributed by atoms with Gasteiger partial charge in [0.2, 0.25) is 0 Å². The summed E-state index contributed by atoms with van der Waals surface area (Å²) in [6.45, 7) is 0.551. The predicted octanol–water partition coefficient (Wildman–Crippen LogP) is 2.50. The molecule has 3 heteroatoms. The molecular formula is C16H17NO2. The van der Waals surface area contributed by atoms with Crippen molar-refractivity contribution in [2.45, 2.75) is 18.6 Å². The minimum absolute atomic E-state index is 0.271. The van der Waals surface area contributed by atoms with E-state index in [0.717, 1.165) is 22.4 Å². The number of ether oxygens (including phenoxy) is 1. The Balaban J connectivity index is 2.05. The van der Waals surface area contributed by atoms with E-state index in [1.165, 1.54) is 0 Å². The van der Waals surface area contributed by atoms with Crippen LogP contribution < -0.4 is 10.5 Å². The largest absolute Gasteiger partial charge is 0.493 e. The second-order valence-corrected chi connectivity index (χ2v) is 4.86. The van der Waals surface area contributed by atoms with Crippen molar-refractivity contribution in [3.8, 4) is 16.9 Å². The molecule has 0 aromatic heterocycles. The monoisotopic (exact) mass is 255 g/mol. The lowest BCUT2D eigenvalue weighted by atomic mass is 9.96. The van der Waals surface area contributed by atoms with Crippen molar-refractivity contribution in [2.75, 3.05) is 6.61 Å². The number of nitrogens with two attached hydrogens (primary N) is 1. The maximum Gasteiger partial charge on any atom is 0.125 e. The second kappa shape index (κ2) is 5.03. The van der Waals surface area contributed by atoms with Crippen LogP contribution in [0.15, 0.2) is 48.5 Å². The molecule has 19 heavy (non-hydrogen) atoms. The fraction of sp³-hybridized carbons (Fsp3) is 0.250. The van der Waals surface area contributed by atoms with Gasteiger partial charge in [0.05, 0.1) is 12.7 Å². The lowest BCUT2D eigenvalue weighted by Gasteiger charge is -2.17. The van der Waals surface area contributed by atoms with Crippen LogP contribution in [0.2, 0.25) is 0 Å². The van der Waals surface area contributed by atoms with Crippen molar-refractivity contribution in [3.05, 3.63) is 54.1 Å². The Bertz CT molecular complexity index is 568. The number of hydrogen-bond acceptors (Lipinski definition) is 3. The van der Waals surface area contributed by atoms with E-state index >= 15 is 0 Å². The number of hydrogen-bond donors (Lipinski definition) is 2. The second-order valence-electron chi connectivity index (χ2n) is 4.86. The van der Waals surface area contributed by atoms with Gasteiger partial charge in [0.25, 0.3) is 0 Å². The van der Waals surface area contributed by atoms with Crippen LogP contribution in [0.3, 0.4) is 0 Å². The summed E-state index contributed by atoms with van der Waals surface area (Å²) in [7, 11) is 0. The lowest BCUT2D eigenvalue weighted by Crippen LogP contribution is -2.28. The van der Waals surface area contributed by atoms with Crippen LogP contribution in [0, 0.1) is 0 Å². The molecular weight excluding hydrogens is 238 g/mol. The van der Waals surface area contributed by atoms with Gasteiger partial charge >= 0.3 is 0 Å². The normalized spacial score (nSPS) is 22.2. The molecule has 3 nitrogen and oxygen atoms in total. The third kappa shape index (κ3) is 2.35. The van der Waals surface area contributed by atoms with Crippen molar-refractivity contribution in [3.63, 3.8) is 0 Å². The fourth-order valence-electron chi connectivity index (χ4n) is 2.41. The van der Waals surface area contributed by atoms with Crippen molar-refractivity contribution in [2.24, 2.45) is 5.73 Å². The van der Waals surface area contributed by atoms with Crippen molar-refractivity contribution in [1.29, 1.82) is 0 Å². The van der Waals surface area contributed by atoms with E-state index in [2.05, 4.69) is 0 Å². The van der Waals surface area contributed by atoms with Gasteiger partial charge in [-0.05, 0) is 29.7 Å². The maximum atomic E-state index is 10.3. The molecule has 0 amide bonds. The Morgan fingerprint density at radius 3 is 2.63 bits per heavy atom. The summed E-state index contributed by atoms with van der Waals surface area (Å²) in [5, 5.41) is 10.3. The average molecular weight is 255 g/mol. The van der Waals surface area contributed by atoms with Gasteiger partial charge in [-0.15, -0.1) is 0 Å². The molecule has 3 rings (SSSR count). The van der Waals surface area contributed by atoms with Gasteiger partial charge in [-0.3, -0.25) is 0 Å². The zero-order valence-electron chi connectivity index (χ0n) is 10.6. The lowest BCUT2D eigenvalue weighted by molar-refractivity contribution is 0.145. The molecule has 1 heterocycles. The van der Waals surface area contributed by atoms with Gasteiger partial charge in [0.1, 0.15) is 5.75 Å². The fourth-order valence-corrected chi connectivity index (χ4v) is 2.41. The Morgan fingerprint density at radius 2 is 1.84 bits per heavy atom. The van der Waals surface area contributed by atoms with Crippen LogP contribution in [0.1, 0.15) is 18.1 Å². The third-order valence-corrected chi connectivity index (χ3v) is 3.55. The summed E-state index contributed by atoms with van der Waals surface area (Å²) in [6, 6.07) is 15.7. The van der Waals surface area contributed by atoms with Crippen LogP contribution in [0.5, 0.6) is 5.75 Å². The summed E-state index contributed by atoms with van der Waals surface area (Å²) in [6.07, 6.45) is -0.00238. The SMILES string of the molecule is NC1CCOc2ccc(-c3ccccc3)cc2C1O. The Morgan fingerprint density at radius 1 is 1.05 bits per heavy atom. The molecule has 2 atom stereocenters. The number of fused-ring (bicyclic) bond motifs is 1. The maximum absolute atomic E-state index is 10.3. The smallest absolute Gasteiger partial charge is 0.125 e. The van der Waals surface area contributed by atoms with E-state index in [1.807, 2.05) is 48.5 Å². The van der Waals surface area contributed by atoms with Gasteiger partial charge in [-0.2, -0.15) is 0 Å². The van der Waals surface area contributed by atoms with Crippen LogP contribution in [0.25, 0.3) is 11.1 Å². The van der Waals surface area contributed by atoms with E-state index in [-0.39, 0.29) is 6.04 Å². The number of benzene rings is 2. The van der Waals surface area contributed by atoms with Crippen molar-refractivity contribution >= 4 is 0 Å². The molecule has 2 aromatic rings. The number of rotatable bonds is 1. The molecule has 2 unspecified atom stereocenters. The van der Waals surface area contributed by atoms with E-state index < -0.39 is 6.10 Å². The van der Waals surface area contributed by atoms with Crippen LogP contribution in [0.4, 0.5) is 0 Å². The summed E-state index contributed by atoms with van der Waals surface area (Å²) >= 11 is 0. The topological polar surface area (TPSA) is 55.5 Å². The molecule has 3 N–H and O–H groups in total. The van der Waals surface area contributed by atoms with Crippen LogP contribution in [-0.2, 0) is 0 Å². The Labute approximate surface area is 112 Å². The molecule has 0 saturated carbocycles. The van der Waals surface area contributed by atoms with E-state index in [4.69, 9.17) is 10.5 Å². The molecule has 0 saturated heterocycles. The van der Waals surface area contributed by atoms with E-state index in [9.17, 15) is 5.11 Å². The zero-order valence-corrected chi connectivity index (χ0v) is 10.6. The predicted molar refractivity (Wildman–Crippen MR) is 74.9 cm³/mol. The van der Waals surface area contributed by atoms with Crippen LogP contribution >= 0.6 is 0 Å². The molecule has 1 aliphatic rings. The Kier molecular flexibility index (Phi) is 3.23. The van der Waals surface area contributed by atoms with E-state index in [1.54, 1.807) is 0 Å². The molecule has 0 bridgehead atoms. The molecule has 1 aliphatic heterocycles. The average Bonchev–Trinajstić information content (AvgIpc) is 2.60. The van der Waals surface area contributed by atoms with Crippen LogP contribution in [-0.4, -0.2) is 17.8 Å². The number of aliphatic hydroxyl groups excluding tert-OH is 1. The minimum Gasteiger partial charge on any atom is -0.493 e. The van der Waals surface area contributed by atoms with Crippen molar-refractivity contribution < 1.29 is 9.84 Å². The third-order valence-electron chi connectivity index (χ3n) is 3.55. The quantitative estimate of drug-likeness (QED) is 0.823. The summed E-state index contributed by atoms with van der Waals surface area (Å²) < 4.78 is 5.64. The van der Waals surface area contributed by atoms with Gasteiger partial charge in [0, 0.05) is 11.6 Å². The molecule has 98 valence electrons. The summed E-state index contributed by atoms with van der Waals surface area (Å²) in [4.78, 5) is 0. The van der Waals surface area contributed by atoms with Gasteiger partial charge in [-0.25, -0.2) is 0 Å². The standard InChI is InChI=1S/C16H17NO2/c17-14-8-9-19-15-7-6-12(10-13(15)16(14)18)11-4-2-1-3-5-11/h1-7,10,14,16,18H,8-9,17H2. The highest BCUT2D eigenvalue weighted by Gasteiger charge is 2.24. The highest BCUT2D eigenvalue weighted by atomic mass is 16.5. The molecule has 0 fully saturated rings. The van der Waals surface area contributed by atoms with E-state index in [0.29, 0.717) is 13.0 Å². The summed E-state index contributed by atoms with van der Waals surface area (Å²) in [5.41, 5.74) is 8.92. The molecule has 0 spiro atoms. The number of aliphatic hydroxyl groups is 1. The molecule has 0 aliphatic carbocycles.